The molecule has 1 amide bonds. The lowest BCUT2D eigenvalue weighted by molar-refractivity contribution is -0.121. The van der Waals surface area contributed by atoms with Crippen LogP contribution in [0.25, 0.3) is 0 Å². The molecule has 0 atom stereocenters. The van der Waals surface area contributed by atoms with Crippen molar-refractivity contribution in [3.05, 3.63) is 51.5 Å². The van der Waals surface area contributed by atoms with Crippen LogP contribution in [-0.2, 0) is 17.6 Å². The predicted octanol–water partition coefficient (Wildman–Crippen LogP) is 3.26. The molecule has 0 saturated carbocycles. The summed E-state index contributed by atoms with van der Waals surface area (Å²) in [4.78, 5) is 27.6. The topological polar surface area (TPSA) is 79.3 Å². The van der Waals surface area contributed by atoms with Gasteiger partial charge in [0, 0.05) is 30.7 Å². The van der Waals surface area contributed by atoms with Gasteiger partial charge < -0.3 is 10.4 Å². The van der Waals surface area contributed by atoms with Gasteiger partial charge in [-0.3, -0.25) is 4.79 Å². The number of amides is 1. The van der Waals surface area contributed by atoms with Crippen LogP contribution in [0, 0.1) is 0 Å². The van der Waals surface area contributed by atoms with Crippen molar-refractivity contribution in [2.24, 2.45) is 0 Å². The van der Waals surface area contributed by atoms with Crippen LogP contribution in [0.5, 0.6) is 0 Å². The number of carbonyl (C=O) groups excluding carboxylic acids is 1. The third-order valence-electron chi connectivity index (χ3n) is 3.64. The second-order valence-electron chi connectivity index (χ2n) is 5.89. The van der Waals surface area contributed by atoms with E-state index in [0.29, 0.717) is 30.9 Å². The third-order valence-corrected chi connectivity index (χ3v) is 4.83. The van der Waals surface area contributed by atoms with Gasteiger partial charge in [0.1, 0.15) is 0 Å². The van der Waals surface area contributed by atoms with E-state index in [4.69, 9.17) is 5.11 Å². The zero-order valence-corrected chi connectivity index (χ0v) is 14.7. The van der Waals surface area contributed by atoms with Gasteiger partial charge in [0.25, 0.3) is 0 Å². The molecule has 5 nitrogen and oxygen atoms in total. The molecular weight excluding hydrogens is 324 g/mol. The number of carboxylic acid groups (broad SMARTS) is 1. The highest BCUT2D eigenvalue weighted by atomic mass is 32.1. The van der Waals surface area contributed by atoms with E-state index in [2.05, 4.69) is 24.1 Å². The van der Waals surface area contributed by atoms with E-state index in [9.17, 15) is 9.59 Å². The highest BCUT2D eigenvalue weighted by Crippen LogP contribution is 2.19. The van der Waals surface area contributed by atoms with Crippen molar-refractivity contribution >= 4 is 23.2 Å². The lowest BCUT2D eigenvalue weighted by Crippen LogP contribution is -2.26. The SMILES string of the molecule is CC(C)c1nc(CCNC(=O)CCc2ccccc2C(=O)O)cs1. The van der Waals surface area contributed by atoms with Crippen LogP contribution < -0.4 is 5.32 Å². The normalized spacial score (nSPS) is 10.8. The minimum absolute atomic E-state index is 0.0745. The van der Waals surface area contributed by atoms with Gasteiger partial charge in [0.2, 0.25) is 5.91 Å². The summed E-state index contributed by atoms with van der Waals surface area (Å²) in [5.74, 6) is -0.613. The molecule has 2 aromatic rings. The molecule has 1 aromatic carbocycles. The zero-order valence-electron chi connectivity index (χ0n) is 13.9. The Kier molecular flexibility index (Phi) is 6.49. The highest BCUT2D eigenvalue weighted by molar-refractivity contribution is 7.09. The van der Waals surface area contributed by atoms with Crippen LogP contribution in [0.3, 0.4) is 0 Å². The molecule has 2 N–H and O–H groups in total. The molecule has 6 heteroatoms. The summed E-state index contributed by atoms with van der Waals surface area (Å²) in [5, 5.41) is 15.1. The fraction of sp³-hybridized carbons (Fsp3) is 0.389. The van der Waals surface area contributed by atoms with Crippen LogP contribution in [0.2, 0.25) is 0 Å². The number of nitrogens with one attached hydrogen (secondary N) is 1. The molecule has 128 valence electrons. The number of thiazole rings is 1. The van der Waals surface area contributed by atoms with Crippen LogP contribution in [0.1, 0.15) is 52.8 Å². The Morgan fingerprint density at radius 3 is 2.67 bits per heavy atom. The summed E-state index contributed by atoms with van der Waals surface area (Å²) in [6.07, 6.45) is 1.40. The Hall–Kier alpha value is -2.21. The Bertz CT molecular complexity index is 710. The first-order valence-corrected chi connectivity index (χ1v) is 8.87. The minimum Gasteiger partial charge on any atom is -0.478 e. The average Bonchev–Trinajstić information content (AvgIpc) is 3.02. The van der Waals surface area contributed by atoms with E-state index < -0.39 is 5.97 Å². The molecule has 1 aromatic heterocycles. The number of rotatable bonds is 8. The summed E-state index contributed by atoms with van der Waals surface area (Å²) in [7, 11) is 0. The minimum atomic E-state index is -0.963. The van der Waals surface area contributed by atoms with Crippen LogP contribution in [0.4, 0.5) is 0 Å². The standard InChI is InChI=1S/C18H22N2O3S/c1-12(2)17-20-14(11-24-17)9-10-19-16(21)8-7-13-5-3-4-6-15(13)18(22)23/h3-6,11-12H,7-10H2,1-2H3,(H,19,21)(H,22,23). The van der Waals surface area contributed by atoms with Gasteiger partial charge in [-0.15, -0.1) is 11.3 Å². The Balaban J connectivity index is 1.76. The summed E-state index contributed by atoms with van der Waals surface area (Å²) in [6, 6.07) is 6.78. The number of aromatic carboxylic acids is 1. The number of benzene rings is 1. The van der Waals surface area contributed by atoms with Crippen molar-refractivity contribution in [1.82, 2.24) is 10.3 Å². The van der Waals surface area contributed by atoms with Gasteiger partial charge in [-0.1, -0.05) is 32.0 Å². The number of hydrogen-bond acceptors (Lipinski definition) is 4. The molecule has 0 aliphatic carbocycles. The number of aryl methyl sites for hydroxylation is 1. The molecule has 2 rings (SSSR count). The van der Waals surface area contributed by atoms with Gasteiger partial charge in [-0.2, -0.15) is 0 Å². The summed E-state index contributed by atoms with van der Waals surface area (Å²) >= 11 is 1.65. The van der Waals surface area contributed by atoms with Crippen molar-refractivity contribution in [2.45, 2.75) is 39.0 Å². The van der Waals surface area contributed by atoms with E-state index in [1.807, 2.05) is 5.38 Å². The molecule has 0 bridgehead atoms. The third kappa shape index (κ3) is 5.16. The van der Waals surface area contributed by atoms with Gasteiger partial charge >= 0.3 is 5.97 Å². The van der Waals surface area contributed by atoms with Crippen molar-refractivity contribution < 1.29 is 14.7 Å². The Labute approximate surface area is 145 Å². The number of carbonyl (C=O) groups is 2. The maximum Gasteiger partial charge on any atom is 0.335 e. The van der Waals surface area contributed by atoms with Gasteiger partial charge in [-0.05, 0) is 18.1 Å². The first-order valence-electron chi connectivity index (χ1n) is 7.99. The van der Waals surface area contributed by atoms with E-state index in [1.54, 1.807) is 35.6 Å². The molecule has 0 unspecified atom stereocenters. The Morgan fingerprint density at radius 2 is 2.00 bits per heavy atom. The quantitative estimate of drug-likeness (QED) is 0.769. The van der Waals surface area contributed by atoms with E-state index in [-0.39, 0.29) is 17.9 Å². The fourth-order valence-electron chi connectivity index (χ4n) is 2.32. The van der Waals surface area contributed by atoms with E-state index in [0.717, 1.165) is 10.7 Å². The van der Waals surface area contributed by atoms with E-state index in [1.165, 1.54) is 0 Å². The molecule has 0 radical (unpaired) electrons. The molecule has 0 saturated heterocycles. The smallest absolute Gasteiger partial charge is 0.335 e. The number of aromatic nitrogens is 1. The summed E-state index contributed by atoms with van der Waals surface area (Å²) < 4.78 is 0. The lowest BCUT2D eigenvalue weighted by Gasteiger charge is -2.07. The zero-order chi connectivity index (χ0) is 17.5. The molecule has 0 aliphatic rings. The van der Waals surface area contributed by atoms with Crippen molar-refractivity contribution in [3.63, 3.8) is 0 Å². The summed E-state index contributed by atoms with van der Waals surface area (Å²) in [5.41, 5.74) is 1.94. The maximum absolute atomic E-state index is 11.9. The van der Waals surface area contributed by atoms with Gasteiger partial charge in [0.05, 0.1) is 16.3 Å². The molecule has 0 aliphatic heterocycles. The number of hydrogen-bond donors (Lipinski definition) is 2. The van der Waals surface area contributed by atoms with Crippen molar-refractivity contribution in [1.29, 1.82) is 0 Å². The molecule has 0 fully saturated rings. The number of carboxylic acids is 1. The monoisotopic (exact) mass is 346 g/mol. The van der Waals surface area contributed by atoms with Crippen molar-refractivity contribution in [2.75, 3.05) is 6.54 Å². The molecule has 0 spiro atoms. The van der Waals surface area contributed by atoms with Crippen LogP contribution in [-0.4, -0.2) is 28.5 Å². The molecule has 1 heterocycles. The van der Waals surface area contributed by atoms with E-state index >= 15 is 0 Å². The molecule has 24 heavy (non-hydrogen) atoms. The Morgan fingerprint density at radius 1 is 1.25 bits per heavy atom. The van der Waals surface area contributed by atoms with Crippen LogP contribution >= 0.6 is 11.3 Å². The maximum atomic E-state index is 11.9. The van der Waals surface area contributed by atoms with Gasteiger partial charge in [-0.25, -0.2) is 9.78 Å². The molecular formula is C18H22N2O3S. The highest BCUT2D eigenvalue weighted by Gasteiger charge is 2.11. The second kappa shape index (κ2) is 8.59. The van der Waals surface area contributed by atoms with Crippen molar-refractivity contribution in [3.8, 4) is 0 Å². The fourth-order valence-corrected chi connectivity index (χ4v) is 3.19. The lowest BCUT2D eigenvalue weighted by atomic mass is 10.0. The predicted molar refractivity (Wildman–Crippen MR) is 94.6 cm³/mol. The first kappa shape index (κ1) is 18.1. The number of nitrogens with zero attached hydrogens (tertiary/aromatic N) is 1. The largest absolute Gasteiger partial charge is 0.478 e. The average molecular weight is 346 g/mol. The summed E-state index contributed by atoms with van der Waals surface area (Å²) in [6.45, 7) is 4.76. The van der Waals surface area contributed by atoms with Gasteiger partial charge in [0.15, 0.2) is 0 Å². The second-order valence-corrected chi connectivity index (χ2v) is 6.78. The first-order chi connectivity index (χ1) is 11.5. The van der Waals surface area contributed by atoms with Crippen LogP contribution in [0.15, 0.2) is 29.6 Å².